The number of benzene rings is 2. The normalized spacial score (nSPS) is 18.1. The van der Waals surface area contributed by atoms with Crippen molar-refractivity contribution in [2.75, 3.05) is 10.6 Å². The fraction of sp³-hybridized carbons (Fsp3) is 0.0909. The number of nitrogens with one attached hydrogen (secondary N) is 2. The second-order valence-electron chi connectivity index (χ2n) is 5.21. The molecular formula is C22H18N6. The highest BCUT2D eigenvalue weighted by molar-refractivity contribution is 5.69. The molecule has 0 aliphatic rings. The predicted molar refractivity (Wildman–Crippen MR) is 110 cm³/mol. The van der Waals surface area contributed by atoms with Crippen LogP contribution in [-0.2, 0) is 0 Å². The molecule has 2 N–H and O–H groups in total. The lowest BCUT2D eigenvalue weighted by atomic mass is 10.0. The van der Waals surface area contributed by atoms with E-state index in [-0.39, 0.29) is 34.8 Å². The number of allylic oxidation sites excluding steroid dienone is 1. The molecule has 6 nitrogen and oxygen atoms in total. The number of rotatable bonds is 5. The van der Waals surface area contributed by atoms with Gasteiger partial charge in [0, 0.05) is 31.8 Å². The quantitative estimate of drug-likeness (QED) is 0.607. The minimum atomic E-state index is -2.98. The van der Waals surface area contributed by atoms with Crippen LogP contribution in [0.4, 0.5) is 23.1 Å². The second kappa shape index (κ2) is 8.48. The Kier molecular flexibility index (Phi) is 2.63. The summed E-state index contributed by atoms with van der Waals surface area (Å²) >= 11 is 0. The summed E-state index contributed by atoms with van der Waals surface area (Å²) in [6.07, 6.45) is -0.668. The molecule has 28 heavy (non-hydrogen) atoms. The molecule has 0 amide bonds. The Hall–Kier alpha value is -4.16. The summed E-state index contributed by atoms with van der Waals surface area (Å²) in [4.78, 5) is 7.82. The zero-order valence-corrected chi connectivity index (χ0v) is 14.1. The van der Waals surface area contributed by atoms with Crippen LogP contribution in [0.5, 0.6) is 0 Å². The van der Waals surface area contributed by atoms with Crippen LogP contribution in [0.3, 0.4) is 0 Å². The number of nitriles is 2. The third-order valence-electron chi connectivity index (χ3n) is 3.31. The molecule has 0 saturated heterocycles. The van der Waals surface area contributed by atoms with Gasteiger partial charge in [0.1, 0.15) is 5.82 Å². The van der Waals surface area contributed by atoms with E-state index in [1.54, 1.807) is 0 Å². The van der Waals surface area contributed by atoms with Gasteiger partial charge < -0.3 is 10.6 Å². The van der Waals surface area contributed by atoms with Crippen LogP contribution in [0, 0.1) is 36.4 Å². The molecule has 136 valence electrons. The van der Waals surface area contributed by atoms with Crippen molar-refractivity contribution >= 4 is 29.2 Å². The highest BCUT2D eigenvalue weighted by Gasteiger charge is 2.07. The topological polar surface area (TPSA) is 97.4 Å². The molecule has 1 aromatic heterocycles. The van der Waals surface area contributed by atoms with Crippen LogP contribution < -0.4 is 10.6 Å². The largest absolute Gasteiger partial charge is 0.340 e. The van der Waals surface area contributed by atoms with E-state index in [4.69, 9.17) is 27.0 Å². The first-order valence-electron chi connectivity index (χ1n) is 13.7. The Morgan fingerprint density at radius 3 is 2.54 bits per heavy atom. The van der Waals surface area contributed by atoms with Gasteiger partial charge in [-0.1, -0.05) is 0 Å². The fourth-order valence-electron chi connectivity index (χ4n) is 2.11. The van der Waals surface area contributed by atoms with E-state index in [1.165, 1.54) is 18.2 Å². The van der Waals surface area contributed by atoms with E-state index < -0.39 is 60.7 Å². The molecule has 0 spiro atoms. The predicted octanol–water partition coefficient (Wildman–Crippen LogP) is 4.99. The molecule has 6 heteroatoms. The minimum Gasteiger partial charge on any atom is -0.340 e. The van der Waals surface area contributed by atoms with E-state index in [9.17, 15) is 0 Å². The zero-order valence-electron chi connectivity index (χ0n) is 26.1. The first-order chi connectivity index (χ1) is 18.5. The Balaban J connectivity index is 2.24. The van der Waals surface area contributed by atoms with Gasteiger partial charge in [0.25, 0.3) is 0 Å². The Morgan fingerprint density at radius 2 is 1.89 bits per heavy atom. The smallest absolute Gasteiger partial charge is 0.229 e. The van der Waals surface area contributed by atoms with Crippen molar-refractivity contribution in [2.24, 2.45) is 0 Å². The van der Waals surface area contributed by atoms with E-state index in [1.807, 2.05) is 6.07 Å². The Bertz CT molecular complexity index is 1550. The van der Waals surface area contributed by atoms with E-state index >= 15 is 0 Å². The molecule has 0 atom stereocenters. The van der Waals surface area contributed by atoms with Crippen LogP contribution in [-0.4, -0.2) is 9.97 Å². The zero-order chi connectivity index (χ0) is 30.2. The van der Waals surface area contributed by atoms with E-state index in [0.717, 1.165) is 12.1 Å². The summed E-state index contributed by atoms with van der Waals surface area (Å²) in [7, 11) is 0. The van der Waals surface area contributed by atoms with Crippen molar-refractivity contribution in [3.8, 4) is 12.1 Å². The Morgan fingerprint density at radius 1 is 1.14 bits per heavy atom. The monoisotopic (exact) mass is 378 g/mol. The van der Waals surface area contributed by atoms with Crippen molar-refractivity contribution < 1.29 is 16.4 Å². The van der Waals surface area contributed by atoms with Crippen molar-refractivity contribution in [1.29, 1.82) is 10.5 Å². The van der Waals surface area contributed by atoms with Gasteiger partial charge in [-0.2, -0.15) is 15.5 Å². The summed E-state index contributed by atoms with van der Waals surface area (Å²) in [5, 5.41) is 23.1. The van der Waals surface area contributed by atoms with Crippen LogP contribution in [0.25, 0.3) is 6.05 Å². The minimum absolute atomic E-state index is 0.0577. The average Bonchev–Trinajstić information content (AvgIpc) is 2.86. The van der Waals surface area contributed by atoms with Crippen LogP contribution in [0.1, 0.15) is 38.7 Å². The van der Waals surface area contributed by atoms with Crippen molar-refractivity contribution in [3.63, 3.8) is 0 Å². The van der Waals surface area contributed by atoms with Gasteiger partial charge in [-0.3, -0.25) is 0 Å². The molecule has 0 unspecified atom stereocenters. The van der Waals surface area contributed by atoms with Gasteiger partial charge in [0.15, 0.2) is 0 Å². The molecule has 0 bridgehead atoms. The van der Waals surface area contributed by atoms with Gasteiger partial charge in [-0.05, 0) is 78.8 Å². The van der Waals surface area contributed by atoms with Gasteiger partial charge >= 0.3 is 0 Å². The maximum Gasteiger partial charge on any atom is 0.229 e. The lowest BCUT2D eigenvalue weighted by Gasteiger charge is -2.14. The van der Waals surface area contributed by atoms with Crippen molar-refractivity contribution in [1.82, 2.24) is 9.97 Å². The van der Waals surface area contributed by atoms with Crippen LogP contribution in [0.2, 0.25) is 0 Å². The number of anilines is 4. The number of hydrogen-bond donors (Lipinski definition) is 2. The highest BCUT2D eigenvalue weighted by Crippen LogP contribution is 2.26. The summed E-state index contributed by atoms with van der Waals surface area (Å²) in [5.41, 5.74) is -2.12. The molecule has 0 aliphatic carbocycles. The van der Waals surface area contributed by atoms with Crippen LogP contribution >= 0.6 is 0 Å². The molecule has 1 heterocycles. The van der Waals surface area contributed by atoms with Crippen LogP contribution in [0.15, 0.2) is 54.6 Å². The molecule has 0 fully saturated rings. The summed E-state index contributed by atoms with van der Waals surface area (Å²) in [6.45, 7) is -5.95. The second-order valence-corrected chi connectivity index (χ2v) is 5.21. The highest BCUT2D eigenvalue weighted by atomic mass is 15.1. The van der Waals surface area contributed by atoms with Gasteiger partial charge in [0.05, 0.1) is 25.9 Å². The van der Waals surface area contributed by atoms with Crippen molar-refractivity contribution in [2.45, 2.75) is 13.7 Å². The summed E-state index contributed by atoms with van der Waals surface area (Å²) < 4.78 is 95.8. The summed E-state index contributed by atoms with van der Waals surface area (Å²) in [6, 6.07) is 4.77. The van der Waals surface area contributed by atoms with E-state index in [2.05, 4.69) is 20.6 Å². The molecule has 0 aliphatic heterocycles. The third kappa shape index (κ3) is 4.51. The molecular weight excluding hydrogens is 348 g/mol. The first-order valence-corrected chi connectivity index (χ1v) is 7.65. The maximum absolute atomic E-state index is 9.02. The van der Waals surface area contributed by atoms with E-state index in [0.29, 0.717) is 0 Å². The molecule has 0 radical (unpaired) electrons. The fourth-order valence-corrected chi connectivity index (χ4v) is 2.11. The lowest BCUT2D eigenvalue weighted by molar-refractivity contribution is 1.16. The maximum atomic E-state index is 9.02. The number of nitrogens with zero attached hydrogens (tertiary/aromatic N) is 4. The lowest BCUT2D eigenvalue weighted by Crippen LogP contribution is -2.02. The molecule has 2 aromatic carbocycles. The number of hydrogen-bond acceptors (Lipinski definition) is 6. The molecule has 3 aromatic rings. The van der Waals surface area contributed by atoms with Gasteiger partial charge in [-0.25, -0.2) is 4.98 Å². The number of aryl methyl sites for hydroxylation is 2. The SMILES string of the molecule is [2H]/C(C#N)=C(/[2H])c1cc(C([2H])([2H])[2H])c(Nc2nc(Nc3c([2H])cc(C#N)cc3[2H])nc([2H])c2[2H])c(C([2H])([2H])[2H])c1. The molecule has 0 saturated carbocycles. The summed E-state index contributed by atoms with van der Waals surface area (Å²) in [5.74, 6) is -0.875. The third-order valence-corrected chi connectivity index (χ3v) is 3.31. The van der Waals surface area contributed by atoms with Gasteiger partial charge in [-0.15, -0.1) is 0 Å². The van der Waals surface area contributed by atoms with Gasteiger partial charge in [0.2, 0.25) is 5.95 Å². The Labute approximate surface area is 180 Å². The number of aromatic nitrogens is 2. The standard InChI is InChI=1S/C22H18N6/c1-15-12-18(4-3-10-23)13-16(2)21(15)27-20-9-11-25-22(28-20)26-19-7-5-17(14-24)6-8-19/h3-9,11-13H,1-2H3,(H2,25,26,27,28)/b4-3+/i1D3,2D3,3D,4D,7D,8D,9D,11D. The average molecular weight is 379 g/mol. The van der Waals surface area contributed by atoms with Crippen molar-refractivity contribution in [3.05, 3.63) is 76.9 Å². The molecule has 3 rings (SSSR count). The first kappa shape index (κ1) is 8.69.